The van der Waals surface area contributed by atoms with E-state index in [9.17, 15) is 13.2 Å². The van der Waals surface area contributed by atoms with Crippen molar-refractivity contribution in [2.75, 3.05) is 13.3 Å². The minimum Gasteiger partial charge on any atom is -0.478 e. The van der Waals surface area contributed by atoms with Gasteiger partial charge in [0.25, 0.3) is 0 Å². The molecule has 0 aromatic rings. The van der Waals surface area contributed by atoms with Gasteiger partial charge in [0.1, 0.15) is 0 Å². The SMILES string of the molecule is C=C/C(C(=O)O)=C(\N(C)N)S(C)(=O)=O. The van der Waals surface area contributed by atoms with Gasteiger partial charge in [-0.3, -0.25) is 0 Å². The first kappa shape index (κ1) is 12.7. The number of hydrazine groups is 1. The number of carboxylic acids is 1. The van der Waals surface area contributed by atoms with Crippen molar-refractivity contribution in [1.82, 2.24) is 5.01 Å². The summed E-state index contributed by atoms with van der Waals surface area (Å²) in [6.45, 7) is 3.21. The molecule has 7 heteroatoms. The molecular formula is C7H12N2O4S. The Kier molecular flexibility index (Phi) is 3.84. The van der Waals surface area contributed by atoms with E-state index in [1.165, 1.54) is 7.05 Å². The molecule has 0 bridgehead atoms. The van der Waals surface area contributed by atoms with Crippen LogP contribution in [-0.4, -0.2) is 37.8 Å². The Balaban J connectivity index is 5.83. The lowest BCUT2D eigenvalue weighted by Gasteiger charge is -2.16. The molecule has 0 aliphatic rings. The Morgan fingerprint density at radius 3 is 2.07 bits per heavy atom. The van der Waals surface area contributed by atoms with Crippen molar-refractivity contribution in [2.45, 2.75) is 0 Å². The first-order chi connectivity index (χ1) is 6.21. The van der Waals surface area contributed by atoms with Gasteiger partial charge in [0.15, 0.2) is 14.9 Å². The molecule has 0 aliphatic carbocycles. The maximum atomic E-state index is 11.2. The van der Waals surface area contributed by atoms with Gasteiger partial charge in [-0.2, -0.15) is 0 Å². The van der Waals surface area contributed by atoms with Crippen molar-refractivity contribution in [2.24, 2.45) is 5.84 Å². The molecule has 0 aliphatic heterocycles. The molecule has 0 saturated heterocycles. The summed E-state index contributed by atoms with van der Waals surface area (Å²) in [4.78, 5) is 10.6. The monoisotopic (exact) mass is 220 g/mol. The van der Waals surface area contributed by atoms with E-state index in [2.05, 4.69) is 6.58 Å². The highest BCUT2D eigenvalue weighted by atomic mass is 32.2. The molecule has 0 spiro atoms. The van der Waals surface area contributed by atoms with Crippen molar-refractivity contribution < 1.29 is 18.3 Å². The van der Waals surface area contributed by atoms with Gasteiger partial charge in [-0.05, 0) is 0 Å². The summed E-state index contributed by atoms with van der Waals surface area (Å²) in [6, 6.07) is 0. The largest absolute Gasteiger partial charge is 0.478 e. The molecule has 0 radical (unpaired) electrons. The zero-order chi connectivity index (χ0) is 11.5. The van der Waals surface area contributed by atoms with Crippen molar-refractivity contribution in [1.29, 1.82) is 0 Å². The normalized spacial score (nSPS) is 13.1. The predicted octanol–water partition coefficient (Wildman–Crippen LogP) is -0.681. The summed E-state index contributed by atoms with van der Waals surface area (Å²) in [5.74, 6) is 3.83. The summed E-state index contributed by atoms with van der Waals surface area (Å²) < 4.78 is 22.4. The fourth-order valence-corrected chi connectivity index (χ4v) is 2.01. The highest BCUT2D eigenvalue weighted by Gasteiger charge is 2.22. The van der Waals surface area contributed by atoms with Gasteiger partial charge in [-0.1, -0.05) is 12.7 Å². The molecule has 0 amide bonds. The topological polar surface area (TPSA) is 101 Å². The molecule has 14 heavy (non-hydrogen) atoms. The Bertz CT molecular complexity index is 380. The smallest absolute Gasteiger partial charge is 0.338 e. The molecule has 0 aromatic carbocycles. The molecule has 0 saturated carbocycles. The number of carboxylic acid groups (broad SMARTS) is 1. The van der Waals surface area contributed by atoms with Gasteiger partial charge in [0.2, 0.25) is 0 Å². The van der Waals surface area contributed by atoms with Crippen LogP contribution in [0.1, 0.15) is 0 Å². The number of rotatable bonds is 4. The lowest BCUT2D eigenvalue weighted by Crippen LogP contribution is -2.31. The average molecular weight is 220 g/mol. The zero-order valence-corrected chi connectivity index (χ0v) is 8.71. The van der Waals surface area contributed by atoms with Crippen LogP contribution in [-0.2, 0) is 14.6 Å². The van der Waals surface area contributed by atoms with E-state index in [4.69, 9.17) is 10.9 Å². The van der Waals surface area contributed by atoms with E-state index < -0.39 is 26.4 Å². The molecule has 80 valence electrons. The van der Waals surface area contributed by atoms with E-state index in [1.807, 2.05) is 0 Å². The third kappa shape index (κ3) is 2.86. The summed E-state index contributed by atoms with van der Waals surface area (Å²) in [6.07, 6.45) is 1.81. The lowest BCUT2D eigenvalue weighted by molar-refractivity contribution is -0.132. The molecule has 0 rings (SSSR count). The molecule has 6 nitrogen and oxygen atoms in total. The second-order valence-electron chi connectivity index (χ2n) is 2.61. The molecule has 0 fully saturated rings. The van der Waals surface area contributed by atoms with Gasteiger partial charge in [-0.15, -0.1) is 0 Å². The first-order valence-corrected chi connectivity index (χ1v) is 5.39. The van der Waals surface area contributed by atoms with Crippen LogP contribution in [0.15, 0.2) is 23.3 Å². The van der Waals surface area contributed by atoms with Crippen molar-refractivity contribution in [3.05, 3.63) is 23.3 Å². The molecule has 0 atom stereocenters. The van der Waals surface area contributed by atoms with E-state index in [0.717, 1.165) is 17.3 Å². The van der Waals surface area contributed by atoms with Crippen LogP contribution in [0.4, 0.5) is 0 Å². The van der Waals surface area contributed by atoms with Crippen LogP contribution in [0.5, 0.6) is 0 Å². The highest BCUT2D eigenvalue weighted by Crippen LogP contribution is 2.13. The summed E-state index contributed by atoms with van der Waals surface area (Å²) in [5, 5.41) is 8.94. The maximum Gasteiger partial charge on any atom is 0.338 e. The van der Waals surface area contributed by atoms with Crippen LogP contribution in [0.3, 0.4) is 0 Å². The predicted molar refractivity (Wildman–Crippen MR) is 51.7 cm³/mol. The molecule has 0 aromatic heterocycles. The van der Waals surface area contributed by atoms with Crippen LogP contribution >= 0.6 is 0 Å². The van der Waals surface area contributed by atoms with E-state index in [1.54, 1.807) is 0 Å². The van der Waals surface area contributed by atoms with Crippen LogP contribution < -0.4 is 5.84 Å². The number of hydrogen-bond donors (Lipinski definition) is 2. The van der Waals surface area contributed by atoms with Crippen LogP contribution in [0, 0.1) is 0 Å². The highest BCUT2D eigenvalue weighted by molar-refractivity contribution is 7.94. The third-order valence-electron chi connectivity index (χ3n) is 1.34. The number of aliphatic carboxylic acids is 1. The minimum atomic E-state index is -3.69. The average Bonchev–Trinajstić information content (AvgIpc) is 1.95. The van der Waals surface area contributed by atoms with Gasteiger partial charge in [0, 0.05) is 13.3 Å². The second kappa shape index (κ2) is 4.25. The molecular weight excluding hydrogens is 208 g/mol. The number of nitrogens with zero attached hydrogens (tertiary/aromatic N) is 1. The summed E-state index contributed by atoms with van der Waals surface area (Å²) in [7, 11) is -2.45. The first-order valence-electron chi connectivity index (χ1n) is 3.50. The van der Waals surface area contributed by atoms with E-state index >= 15 is 0 Å². The van der Waals surface area contributed by atoms with Crippen molar-refractivity contribution in [3.8, 4) is 0 Å². The fourth-order valence-electron chi connectivity index (χ4n) is 0.917. The molecule has 3 N–H and O–H groups in total. The Morgan fingerprint density at radius 2 is 2.00 bits per heavy atom. The summed E-state index contributed by atoms with van der Waals surface area (Å²) in [5.41, 5.74) is -0.447. The third-order valence-corrected chi connectivity index (χ3v) is 2.55. The Morgan fingerprint density at radius 1 is 1.57 bits per heavy atom. The standard InChI is InChI=1S/C7H12N2O4S/c1-4-5(7(10)11)6(9(2)8)14(3,12)13/h4H,1,8H2,2-3H3,(H,10,11)/b6-5-. The number of hydrogen-bond acceptors (Lipinski definition) is 5. The van der Waals surface area contributed by atoms with E-state index in [0.29, 0.717) is 0 Å². The molecule has 0 heterocycles. The van der Waals surface area contributed by atoms with Crippen molar-refractivity contribution in [3.63, 3.8) is 0 Å². The maximum absolute atomic E-state index is 11.2. The van der Waals surface area contributed by atoms with Gasteiger partial charge >= 0.3 is 5.97 Å². The van der Waals surface area contributed by atoms with Crippen molar-refractivity contribution >= 4 is 15.8 Å². The van der Waals surface area contributed by atoms with Crippen LogP contribution in [0.2, 0.25) is 0 Å². The second-order valence-corrected chi connectivity index (χ2v) is 4.54. The fraction of sp³-hybridized carbons (Fsp3) is 0.286. The van der Waals surface area contributed by atoms with Crippen LogP contribution in [0.25, 0.3) is 0 Å². The van der Waals surface area contributed by atoms with Gasteiger partial charge < -0.3 is 10.1 Å². The lowest BCUT2D eigenvalue weighted by atomic mass is 10.3. The Labute approximate surface area is 82.2 Å². The zero-order valence-electron chi connectivity index (χ0n) is 7.89. The van der Waals surface area contributed by atoms with E-state index in [-0.39, 0.29) is 0 Å². The number of nitrogens with two attached hydrogens (primary N) is 1. The summed E-state index contributed by atoms with van der Waals surface area (Å²) >= 11 is 0. The Hall–Kier alpha value is -1.34. The minimum absolute atomic E-state index is 0.447. The molecule has 0 unspecified atom stereocenters. The quantitative estimate of drug-likeness (QED) is 0.282. The number of sulfone groups is 1. The van der Waals surface area contributed by atoms with Gasteiger partial charge in [-0.25, -0.2) is 19.1 Å². The number of carbonyl (C=O) groups is 1. The van der Waals surface area contributed by atoms with Gasteiger partial charge in [0.05, 0.1) is 5.57 Å².